The van der Waals surface area contributed by atoms with Gasteiger partial charge in [0.05, 0.1) is 22.7 Å². The van der Waals surface area contributed by atoms with Crippen LogP contribution in [0.4, 0.5) is 22.6 Å². The molecular formula is C20H16F4N2OS. The van der Waals surface area contributed by atoms with Gasteiger partial charge >= 0.3 is 6.18 Å². The standard InChI is InChI=1S/C20H16F4N2OS/c1-12-19(26-17(27)10-14-5-3-7-16(21)9-14)28-18(25-12)11-13-4-2-6-15(8-13)20(22,23)24/h2-9H,10-11H2,1H3,(H,26,27). The molecule has 0 spiro atoms. The summed E-state index contributed by atoms with van der Waals surface area (Å²) in [5, 5.41) is 3.86. The molecule has 3 nitrogen and oxygen atoms in total. The first-order valence-corrected chi connectivity index (χ1v) is 9.19. The Morgan fingerprint density at radius 1 is 1.11 bits per heavy atom. The van der Waals surface area contributed by atoms with E-state index >= 15 is 0 Å². The minimum atomic E-state index is -4.40. The lowest BCUT2D eigenvalue weighted by Gasteiger charge is -2.07. The Morgan fingerprint density at radius 3 is 2.54 bits per heavy atom. The van der Waals surface area contributed by atoms with E-state index in [1.165, 1.54) is 35.6 Å². The molecule has 0 aliphatic rings. The second-order valence-corrected chi connectivity index (χ2v) is 7.34. The monoisotopic (exact) mass is 408 g/mol. The predicted octanol–water partition coefficient (Wildman–Crippen LogP) is 5.38. The summed E-state index contributed by atoms with van der Waals surface area (Å²) in [7, 11) is 0. The van der Waals surface area contributed by atoms with Gasteiger partial charge in [0.25, 0.3) is 0 Å². The Balaban J connectivity index is 1.69. The number of carbonyl (C=O) groups is 1. The third-order valence-electron chi connectivity index (χ3n) is 3.96. The van der Waals surface area contributed by atoms with E-state index in [4.69, 9.17) is 0 Å². The van der Waals surface area contributed by atoms with Crippen molar-refractivity contribution in [3.05, 3.63) is 81.7 Å². The van der Waals surface area contributed by atoms with E-state index in [1.54, 1.807) is 19.1 Å². The van der Waals surface area contributed by atoms with Crippen LogP contribution in [0.3, 0.4) is 0 Å². The van der Waals surface area contributed by atoms with Crippen LogP contribution in [0.2, 0.25) is 0 Å². The third kappa shape index (κ3) is 5.16. The van der Waals surface area contributed by atoms with Crippen LogP contribution in [-0.2, 0) is 23.8 Å². The Labute approximate surface area is 163 Å². The largest absolute Gasteiger partial charge is 0.416 e. The van der Waals surface area contributed by atoms with Crippen molar-refractivity contribution in [1.82, 2.24) is 4.98 Å². The van der Waals surface area contributed by atoms with Gasteiger partial charge < -0.3 is 5.32 Å². The number of rotatable bonds is 5. The van der Waals surface area contributed by atoms with Gasteiger partial charge in [-0.2, -0.15) is 13.2 Å². The van der Waals surface area contributed by atoms with Crippen molar-refractivity contribution in [2.75, 3.05) is 5.32 Å². The summed E-state index contributed by atoms with van der Waals surface area (Å²) in [6.45, 7) is 1.71. The number of nitrogens with one attached hydrogen (secondary N) is 1. The first-order valence-electron chi connectivity index (χ1n) is 8.37. The molecule has 3 rings (SSSR count). The zero-order valence-electron chi connectivity index (χ0n) is 14.8. The number of hydrogen-bond donors (Lipinski definition) is 1. The van der Waals surface area contributed by atoms with Gasteiger partial charge in [-0.3, -0.25) is 4.79 Å². The van der Waals surface area contributed by atoms with Gasteiger partial charge in [-0.1, -0.05) is 30.3 Å². The lowest BCUT2D eigenvalue weighted by atomic mass is 10.1. The summed E-state index contributed by atoms with van der Waals surface area (Å²) >= 11 is 1.21. The second kappa shape index (κ2) is 8.10. The summed E-state index contributed by atoms with van der Waals surface area (Å²) in [6.07, 6.45) is -4.15. The van der Waals surface area contributed by atoms with Crippen LogP contribution in [0.1, 0.15) is 27.4 Å². The molecular weight excluding hydrogens is 392 g/mol. The van der Waals surface area contributed by atoms with Gasteiger partial charge in [-0.25, -0.2) is 9.37 Å². The number of aromatic nitrogens is 1. The minimum Gasteiger partial charge on any atom is -0.316 e. The topological polar surface area (TPSA) is 42.0 Å². The van der Waals surface area contributed by atoms with Gasteiger partial charge in [0, 0.05) is 6.42 Å². The average molecular weight is 408 g/mol. The number of alkyl halides is 3. The first kappa shape index (κ1) is 20.0. The highest BCUT2D eigenvalue weighted by atomic mass is 32.1. The Hall–Kier alpha value is -2.74. The number of hydrogen-bond acceptors (Lipinski definition) is 3. The molecule has 1 aromatic heterocycles. The predicted molar refractivity (Wildman–Crippen MR) is 99.8 cm³/mol. The van der Waals surface area contributed by atoms with Crippen molar-refractivity contribution in [2.24, 2.45) is 0 Å². The number of benzene rings is 2. The molecule has 0 fully saturated rings. The SMILES string of the molecule is Cc1nc(Cc2cccc(C(F)(F)F)c2)sc1NC(=O)Cc1cccc(F)c1. The van der Waals surface area contributed by atoms with Crippen molar-refractivity contribution in [1.29, 1.82) is 0 Å². The normalized spacial score (nSPS) is 11.5. The maximum atomic E-state index is 13.2. The molecule has 3 aromatic rings. The Bertz CT molecular complexity index is 998. The van der Waals surface area contributed by atoms with E-state index < -0.39 is 17.6 Å². The van der Waals surface area contributed by atoms with Crippen LogP contribution in [0.25, 0.3) is 0 Å². The van der Waals surface area contributed by atoms with Gasteiger partial charge in [-0.05, 0) is 36.2 Å². The van der Waals surface area contributed by atoms with Crippen molar-refractivity contribution >= 4 is 22.2 Å². The van der Waals surface area contributed by atoms with Crippen LogP contribution in [0.15, 0.2) is 48.5 Å². The van der Waals surface area contributed by atoms with Crippen LogP contribution < -0.4 is 5.32 Å². The van der Waals surface area contributed by atoms with Crippen molar-refractivity contribution in [2.45, 2.75) is 25.9 Å². The molecule has 0 bridgehead atoms. The highest BCUT2D eigenvalue weighted by molar-refractivity contribution is 7.16. The number of halogens is 4. The minimum absolute atomic E-state index is 0.0120. The number of thiazole rings is 1. The number of anilines is 1. The fourth-order valence-electron chi connectivity index (χ4n) is 2.68. The number of amides is 1. The van der Waals surface area contributed by atoms with E-state index in [1.807, 2.05) is 0 Å². The summed E-state index contributed by atoms with van der Waals surface area (Å²) in [6, 6.07) is 10.9. The van der Waals surface area contributed by atoms with Crippen LogP contribution in [0.5, 0.6) is 0 Å². The molecule has 0 aliphatic heterocycles. The number of aryl methyl sites for hydroxylation is 1. The van der Waals surface area contributed by atoms with Gasteiger partial charge in [0.15, 0.2) is 0 Å². The van der Waals surface area contributed by atoms with Crippen LogP contribution >= 0.6 is 11.3 Å². The summed E-state index contributed by atoms with van der Waals surface area (Å²) in [5.41, 5.74) is 0.909. The lowest BCUT2D eigenvalue weighted by molar-refractivity contribution is -0.137. The molecule has 146 valence electrons. The lowest BCUT2D eigenvalue weighted by Crippen LogP contribution is -2.14. The molecule has 0 saturated carbocycles. The van der Waals surface area contributed by atoms with Crippen molar-refractivity contribution < 1.29 is 22.4 Å². The second-order valence-electron chi connectivity index (χ2n) is 6.25. The van der Waals surface area contributed by atoms with E-state index in [-0.39, 0.29) is 18.7 Å². The molecule has 28 heavy (non-hydrogen) atoms. The van der Waals surface area contributed by atoms with E-state index in [2.05, 4.69) is 10.3 Å². The molecule has 0 saturated heterocycles. The molecule has 1 amide bonds. The molecule has 2 aromatic carbocycles. The van der Waals surface area contributed by atoms with E-state index in [9.17, 15) is 22.4 Å². The molecule has 8 heteroatoms. The maximum absolute atomic E-state index is 13.2. The quantitative estimate of drug-likeness (QED) is 0.576. The van der Waals surface area contributed by atoms with Gasteiger partial charge in [0.1, 0.15) is 10.8 Å². The Morgan fingerprint density at radius 2 is 1.82 bits per heavy atom. The number of carbonyl (C=O) groups excluding carboxylic acids is 1. The smallest absolute Gasteiger partial charge is 0.316 e. The third-order valence-corrected chi connectivity index (χ3v) is 5.03. The molecule has 1 heterocycles. The zero-order chi connectivity index (χ0) is 20.3. The van der Waals surface area contributed by atoms with Gasteiger partial charge in [-0.15, -0.1) is 11.3 Å². The summed E-state index contributed by atoms with van der Waals surface area (Å²) < 4.78 is 51.7. The maximum Gasteiger partial charge on any atom is 0.416 e. The fraction of sp³-hybridized carbons (Fsp3) is 0.200. The molecule has 0 atom stereocenters. The van der Waals surface area contributed by atoms with Crippen LogP contribution in [0, 0.1) is 12.7 Å². The Kier molecular flexibility index (Phi) is 5.79. The van der Waals surface area contributed by atoms with E-state index in [0.29, 0.717) is 26.8 Å². The zero-order valence-corrected chi connectivity index (χ0v) is 15.6. The van der Waals surface area contributed by atoms with Gasteiger partial charge in [0.2, 0.25) is 5.91 Å². The van der Waals surface area contributed by atoms with Crippen molar-refractivity contribution in [3.63, 3.8) is 0 Å². The summed E-state index contributed by atoms with van der Waals surface area (Å²) in [5.74, 6) is -0.731. The molecule has 0 radical (unpaired) electrons. The molecule has 1 N–H and O–H groups in total. The summed E-state index contributed by atoms with van der Waals surface area (Å²) in [4.78, 5) is 16.5. The highest BCUT2D eigenvalue weighted by Crippen LogP contribution is 2.31. The average Bonchev–Trinajstić information content (AvgIpc) is 2.93. The first-order chi connectivity index (χ1) is 13.2. The van der Waals surface area contributed by atoms with Crippen LogP contribution in [-0.4, -0.2) is 10.9 Å². The van der Waals surface area contributed by atoms with Crippen molar-refractivity contribution in [3.8, 4) is 0 Å². The van der Waals surface area contributed by atoms with E-state index in [0.717, 1.165) is 12.1 Å². The fourth-order valence-corrected chi connectivity index (χ4v) is 3.69. The highest BCUT2D eigenvalue weighted by Gasteiger charge is 2.30. The molecule has 0 aliphatic carbocycles. The number of nitrogens with zero attached hydrogens (tertiary/aromatic N) is 1. The molecule has 0 unspecified atom stereocenters.